The maximum atomic E-state index is 6.39. The van der Waals surface area contributed by atoms with Gasteiger partial charge in [-0.3, -0.25) is 0 Å². The van der Waals surface area contributed by atoms with Gasteiger partial charge in [-0.05, 0) is 29.3 Å². The van der Waals surface area contributed by atoms with E-state index in [-0.39, 0.29) is 6.04 Å². The van der Waals surface area contributed by atoms with E-state index < -0.39 is 0 Å². The summed E-state index contributed by atoms with van der Waals surface area (Å²) in [6.07, 6.45) is 0. The topological polar surface area (TPSA) is 39.2 Å². The van der Waals surface area contributed by atoms with Crippen molar-refractivity contribution in [2.45, 2.75) is 6.04 Å². The number of nitrogens with two attached hydrogens (primary N) is 1. The Morgan fingerprint density at radius 3 is 2.24 bits per heavy atom. The molecule has 3 aromatic carbocycles. The van der Waals surface area contributed by atoms with Crippen LogP contribution in [0, 0.1) is 0 Å². The summed E-state index contributed by atoms with van der Waals surface area (Å²) in [7, 11) is 0. The maximum absolute atomic E-state index is 6.39. The van der Waals surface area contributed by atoms with Gasteiger partial charge in [0, 0.05) is 10.8 Å². The van der Waals surface area contributed by atoms with Gasteiger partial charge in [0.15, 0.2) is 0 Å². The van der Waals surface area contributed by atoms with E-state index in [1.54, 1.807) is 0 Å². The number of rotatable bonds is 2. The lowest BCUT2D eigenvalue weighted by Gasteiger charge is -2.12. The van der Waals surface area contributed by atoms with E-state index in [2.05, 4.69) is 24.3 Å². The molecule has 0 amide bonds. The SMILES string of the molecule is NC(c1ccccc1)c1ccc2oc3ccccc3c2c1. The lowest BCUT2D eigenvalue weighted by atomic mass is 9.98. The van der Waals surface area contributed by atoms with Crippen LogP contribution in [0.4, 0.5) is 0 Å². The minimum absolute atomic E-state index is 0.121. The Kier molecular flexibility index (Phi) is 2.76. The zero-order valence-corrected chi connectivity index (χ0v) is 11.5. The minimum atomic E-state index is -0.121. The molecule has 1 unspecified atom stereocenters. The third kappa shape index (κ3) is 2.01. The molecule has 21 heavy (non-hydrogen) atoms. The maximum Gasteiger partial charge on any atom is 0.135 e. The number of hydrogen-bond donors (Lipinski definition) is 1. The zero-order chi connectivity index (χ0) is 14.2. The van der Waals surface area contributed by atoms with Crippen LogP contribution < -0.4 is 5.73 Å². The van der Waals surface area contributed by atoms with Crippen LogP contribution in [0.25, 0.3) is 21.9 Å². The van der Waals surface area contributed by atoms with Crippen molar-refractivity contribution in [3.63, 3.8) is 0 Å². The lowest BCUT2D eigenvalue weighted by molar-refractivity contribution is 0.668. The lowest BCUT2D eigenvalue weighted by Crippen LogP contribution is -2.11. The van der Waals surface area contributed by atoms with Crippen LogP contribution in [-0.2, 0) is 0 Å². The average molecular weight is 273 g/mol. The van der Waals surface area contributed by atoms with E-state index in [4.69, 9.17) is 10.2 Å². The molecule has 0 saturated carbocycles. The molecule has 0 bridgehead atoms. The molecule has 0 spiro atoms. The van der Waals surface area contributed by atoms with Crippen molar-refractivity contribution in [1.29, 1.82) is 0 Å². The second-order valence-corrected chi connectivity index (χ2v) is 5.24. The van der Waals surface area contributed by atoms with E-state index in [1.807, 2.05) is 48.5 Å². The molecule has 4 aromatic rings. The highest BCUT2D eigenvalue weighted by molar-refractivity contribution is 6.05. The van der Waals surface area contributed by atoms with Crippen molar-refractivity contribution < 1.29 is 4.42 Å². The van der Waals surface area contributed by atoms with Crippen LogP contribution in [0.3, 0.4) is 0 Å². The van der Waals surface area contributed by atoms with Crippen LogP contribution in [0.1, 0.15) is 17.2 Å². The summed E-state index contributed by atoms with van der Waals surface area (Å²) in [4.78, 5) is 0. The highest BCUT2D eigenvalue weighted by atomic mass is 16.3. The Bertz CT molecular complexity index is 909. The number of fused-ring (bicyclic) bond motifs is 3. The fourth-order valence-corrected chi connectivity index (χ4v) is 2.79. The van der Waals surface area contributed by atoms with Crippen LogP contribution in [0.15, 0.2) is 77.2 Å². The smallest absolute Gasteiger partial charge is 0.135 e. The second kappa shape index (κ2) is 4.76. The predicted octanol–water partition coefficient (Wildman–Crippen LogP) is 4.63. The van der Waals surface area contributed by atoms with Crippen LogP contribution in [-0.4, -0.2) is 0 Å². The molecule has 2 heteroatoms. The van der Waals surface area contributed by atoms with Crippen LogP contribution in [0.5, 0.6) is 0 Å². The van der Waals surface area contributed by atoms with Crippen molar-refractivity contribution >= 4 is 21.9 Å². The van der Waals surface area contributed by atoms with Crippen molar-refractivity contribution in [3.8, 4) is 0 Å². The van der Waals surface area contributed by atoms with Gasteiger partial charge >= 0.3 is 0 Å². The summed E-state index contributed by atoms with van der Waals surface area (Å²) in [6.45, 7) is 0. The molecule has 0 aliphatic rings. The van der Waals surface area contributed by atoms with Crippen molar-refractivity contribution in [2.75, 3.05) is 0 Å². The first-order valence-electron chi connectivity index (χ1n) is 7.04. The second-order valence-electron chi connectivity index (χ2n) is 5.24. The highest BCUT2D eigenvalue weighted by Gasteiger charge is 2.12. The largest absolute Gasteiger partial charge is 0.456 e. The quantitative estimate of drug-likeness (QED) is 0.578. The van der Waals surface area contributed by atoms with E-state index in [0.29, 0.717) is 0 Å². The van der Waals surface area contributed by atoms with Crippen LogP contribution >= 0.6 is 0 Å². The molecular weight excluding hydrogens is 258 g/mol. The molecule has 0 fully saturated rings. The molecule has 4 rings (SSSR count). The van der Waals surface area contributed by atoms with Gasteiger partial charge in [-0.2, -0.15) is 0 Å². The normalized spacial score (nSPS) is 12.8. The Labute approximate surface area is 122 Å². The van der Waals surface area contributed by atoms with Gasteiger partial charge in [-0.1, -0.05) is 54.6 Å². The fraction of sp³-hybridized carbons (Fsp3) is 0.0526. The third-order valence-electron chi connectivity index (χ3n) is 3.92. The molecule has 0 aliphatic carbocycles. The van der Waals surface area contributed by atoms with Gasteiger partial charge < -0.3 is 10.2 Å². The molecule has 2 nitrogen and oxygen atoms in total. The van der Waals surface area contributed by atoms with Gasteiger partial charge in [0.1, 0.15) is 11.2 Å². The number of furan rings is 1. The Hall–Kier alpha value is -2.58. The molecule has 0 radical (unpaired) electrons. The summed E-state index contributed by atoms with van der Waals surface area (Å²) in [6, 6.07) is 24.3. The van der Waals surface area contributed by atoms with Crippen molar-refractivity contribution in [2.24, 2.45) is 5.73 Å². The van der Waals surface area contributed by atoms with Gasteiger partial charge in [0.25, 0.3) is 0 Å². The average Bonchev–Trinajstić information content (AvgIpc) is 2.93. The summed E-state index contributed by atoms with van der Waals surface area (Å²) in [5, 5.41) is 2.25. The summed E-state index contributed by atoms with van der Waals surface area (Å²) >= 11 is 0. The Morgan fingerprint density at radius 1 is 0.667 bits per heavy atom. The van der Waals surface area contributed by atoms with E-state index >= 15 is 0 Å². The zero-order valence-electron chi connectivity index (χ0n) is 11.5. The molecule has 1 aromatic heterocycles. The molecular formula is C19H15NO. The first-order valence-corrected chi connectivity index (χ1v) is 7.04. The first-order chi connectivity index (χ1) is 10.3. The molecule has 0 saturated heterocycles. The standard InChI is InChI=1S/C19H15NO/c20-19(13-6-2-1-3-7-13)14-10-11-18-16(12-14)15-8-4-5-9-17(15)21-18/h1-12,19H,20H2. The van der Waals surface area contributed by atoms with Gasteiger partial charge in [0.2, 0.25) is 0 Å². The van der Waals surface area contributed by atoms with E-state index in [0.717, 1.165) is 33.1 Å². The summed E-state index contributed by atoms with van der Waals surface area (Å²) < 4.78 is 5.85. The molecule has 1 atom stereocenters. The monoisotopic (exact) mass is 273 g/mol. The molecule has 102 valence electrons. The minimum Gasteiger partial charge on any atom is -0.456 e. The number of hydrogen-bond acceptors (Lipinski definition) is 2. The highest BCUT2D eigenvalue weighted by Crippen LogP contribution is 2.31. The molecule has 2 N–H and O–H groups in total. The predicted molar refractivity (Wildman–Crippen MR) is 86.2 cm³/mol. The summed E-state index contributed by atoms with van der Waals surface area (Å²) in [5.41, 5.74) is 10.4. The third-order valence-corrected chi connectivity index (χ3v) is 3.92. The van der Waals surface area contributed by atoms with E-state index in [9.17, 15) is 0 Å². The van der Waals surface area contributed by atoms with E-state index in [1.165, 1.54) is 0 Å². The fourth-order valence-electron chi connectivity index (χ4n) is 2.79. The van der Waals surface area contributed by atoms with Gasteiger partial charge in [-0.15, -0.1) is 0 Å². The number of benzene rings is 3. The first kappa shape index (κ1) is 12.2. The van der Waals surface area contributed by atoms with Gasteiger partial charge in [0.05, 0.1) is 6.04 Å². The van der Waals surface area contributed by atoms with Crippen LogP contribution in [0.2, 0.25) is 0 Å². The Balaban J connectivity index is 1.88. The summed E-state index contributed by atoms with van der Waals surface area (Å²) in [5.74, 6) is 0. The van der Waals surface area contributed by atoms with Crippen molar-refractivity contribution in [3.05, 3.63) is 83.9 Å². The molecule has 0 aliphatic heterocycles. The Morgan fingerprint density at radius 2 is 1.38 bits per heavy atom. The van der Waals surface area contributed by atoms with Crippen molar-refractivity contribution in [1.82, 2.24) is 0 Å². The molecule has 1 heterocycles. The number of para-hydroxylation sites is 1. The van der Waals surface area contributed by atoms with Gasteiger partial charge in [-0.25, -0.2) is 0 Å².